The van der Waals surface area contributed by atoms with Gasteiger partial charge in [-0.15, -0.1) is 11.6 Å². The fraction of sp³-hybridized carbons (Fsp3) is 0.250. The van der Waals surface area contributed by atoms with Crippen molar-refractivity contribution in [3.8, 4) is 11.5 Å². The van der Waals surface area contributed by atoms with Crippen LogP contribution in [0.2, 0.25) is 0 Å². The van der Waals surface area contributed by atoms with Gasteiger partial charge in [0.1, 0.15) is 17.8 Å². The first-order valence-electron chi connectivity index (χ1n) is 4.70. The summed E-state index contributed by atoms with van der Waals surface area (Å²) in [4.78, 5) is 10.7. The number of carbonyl (C=O) groups is 1. The molecule has 86 valence electrons. The van der Waals surface area contributed by atoms with Crippen molar-refractivity contribution in [3.63, 3.8) is 0 Å². The summed E-state index contributed by atoms with van der Waals surface area (Å²) < 4.78 is 10.4. The summed E-state index contributed by atoms with van der Waals surface area (Å²) in [5, 5.41) is 0. The lowest BCUT2D eigenvalue weighted by Crippen LogP contribution is -1.95. The lowest BCUT2D eigenvalue weighted by molar-refractivity contribution is 0.112. The molecule has 0 saturated heterocycles. The first-order chi connectivity index (χ1) is 7.76. The zero-order valence-electron chi connectivity index (χ0n) is 9.20. The van der Waals surface area contributed by atoms with Gasteiger partial charge in [0.2, 0.25) is 0 Å². The van der Waals surface area contributed by atoms with Crippen molar-refractivity contribution in [3.05, 3.63) is 29.3 Å². The Bertz CT molecular complexity index is 374. The van der Waals surface area contributed by atoms with Gasteiger partial charge in [-0.1, -0.05) is 12.2 Å². The van der Waals surface area contributed by atoms with E-state index in [0.29, 0.717) is 22.9 Å². The highest BCUT2D eigenvalue weighted by molar-refractivity contribution is 6.19. The summed E-state index contributed by atoms with van der Waals surface area (Å²) in [5.74, 6) is 1.58. The summed E-state index contributed by atoms with van der Waals surface area (Å²) >= 11 is 5.58. The predicted molar refractivity (Wildman–Crippen MR) is 64.7 cm³/mol. The van der Waals surface area contributed by atoms with Crippen LogP contribution in [-0.2, 0) is 0 Å². The molecule has 0 fully saturated rings. The van der Waals surface area contributed by atoms with Gasteiger partial charge in [0, 0.05) is 11.4 Å². The Morgan fingerprint density at radius 2 is 1.81 bits per heavy atom. The third-order valence-corrected chi connectivity index (χ3v) is 2.25. The van der Waals surface area contributed by atoms with Crippen LogP contribution in [0.5, 0.6) is 11.5 Å². The van der Waals surface area contributed by atoms with E-state index in [1.165, 1.54) is 0 Å². The van der Waals surface area contributed by atoms with Gasteiger partial charge in [-0.2, -0.15) is 0 Å². The average molecular weight is 241 g/mol. The standard InChI is InChI=1S/C12H13ClO3/c1-15-11-6-9(8-14)7-12(16-2)10(11)4-3-5-13/h3-4,6-8H,5H2,1-2H3. The number of aldehydes is 1. The quantitative estimate of drug-likeness (QED) is 0.587. The Morgan fingerprint density at radius 1 is 1.25 bits per heavy atom. The van der Waals surface area contributed by atoms with Crippen molar-refractivity contribution in [1.29, 1.82) is 0 Å². The Kier molecular flexibility index (Phi) is 4.86. The monoisotopic (exact) mass is 240 g/mol. The number of halogens is 1. The average Bonchev–Trinajstić information content (AvgIpc) is 2.35. The molecule has 0 N–H and O–H groups in total. The molecule has 0 amide bonds. The number of hydrogen-bond donors (Lipinski definition) is 0. The number of ether oxygens (including phenoxy) is 2. The summed E-state index contributed by atoms with van der Waals surface area (Å²) in [7, 11) is 3.09. The number of allylic oxidation sites excluding steroid dienone is 1. The van der Waals surface area contributed by atoms with Crippen LogP contribution in [0.1, 0.15) is 15.9 Å². The van der Waals surface area contributed by atoms with Crippen LogP contribution in [0.25, 0.3) is 6.08 Å². The van der Waals surface area contributed by atoms with Gasteiger partial charge >= 0.3 is 0 Å². The van der Waals surface area contributed by atoms with E-state index < -0.39 is 0 Å². The Labute approximate surface area is 99.6 Å². The van der Waals surface area contributed by atoms with Crippen molar-refractivity contribution in [2.45, 2.75) is 0 Å². The van der Waals surface area contributed by atoms with E-state index in [-0.39, 0.29) is 0 Å². The minimum Gasteiger partial charge on any atom is -0.496 e. The molecular formula is C12H13ClO3. The molecule has 16 heavy (non-hydrogen) atoms. The zero-order valence-corrected chi connectivity index (χ0v) is 9.95. The number of benzene rings is 1. The molecule has 1 aromatic carbocycles. The summed E-state index contributed by atoms with van der Waals surface area (Å²) in [6.45, 7) is 0. The number of hydrogen-bond acceptors (Lipinski definition) is 3. The number of methoxy groups -OCH3 is 2. The summed E-state index contributed by atoms with van der Waals surface area (Å²) in [6.07, 6.45) is 4.34. The van der Waals surface area contributed by atoms with Gasteiger partial charge in [-0.25, -0.2) is 0 Å². The van der Waals surface area contributed by atoms with Crippen molar-refractivity contribution in [2.24, 2.45) is 0 Å². The zero-order chi connectivity index (χ0) is 12.0. The maximum absolute atomic E-state index is 10.7. The highest BCUT2D eigenvalue weighted by atomic mass is 35.5. The molecule has 0 aliphatic rings. The molecule has 0 aliphatic carbocycles. The maximum atomic E-state index is 10.7. The number of alkyl halides is 1. The van der Waals surface area contributed by atoms with Gasteiger partial charge in [-0.3, -0.25) is 4.79 Å². The van der Waals surface area contributed by atoms with Crippen molar-refractivity contribution in [2.75, 3.05) is 20.1 Å². The van der Waals surface area contributed by atoms with Crippen LogP contribution < -0.4 is 9.47 Å². The maximum Gasteiger partial charge on any atom is 0.150 e. The molecule has 0 saturated carbocycles. The highest BCUT2D eigenvalue weighted by Gasteiger charge is 2.09. The minimum atomic E-state index is 0.405. The van der Waals surface area contributed by atoms with Crippen molar-refractivity contribution < 1.29 is 14.3 Å². The largest absolute Gasteiger partial charge is 0.496 e. The molecule has 3 nitrogen and oxygen atoms in total. The van der Waals surface area contributed by atoms with Gasteiger partial charge < -0.3 is 9.47 Å². The first kappa shape index (κ1) is 12.6. The van der Waals surface area contributed by atoms with E-state index in [2.05, 4.69) is 0 Å². The smallest absolute Gasteiger partial charge is 0.150 e. The van der Waals surface area contributed by atoms with E-state index >= 15 is 0 Å². The second-order valence-electron chi connectivity index (χ2n) is 3.01. The first-order valence-corrected chi connectivity index (χ1v) is 5.24. The fourth-order valence-corrected chi connectivity index (χ4v) is 1.44. The van der Waals surface area contributed by atoms with E-state index in [9.17, 15) is 4.79 Å². The molecular weight excluding hydrogens is 228 g/mol. The molecule has 0 aromatic heterocycles. The normalized spacial score (nSPS) is 10.4. The molecule has 1 aromatic rings. The van der Waals surface area contributed by atoms with Crippen molar-refractivity contribution >= 4 is 24.0 Å². The SMILES string of the molecule is COc1cc(C=O)cc(OC)c1C=CCCl. The molecule has 0 atom stereocenters. The minimum absolute atomic E-state index is 0.405. The lowest BCUT2D eigenvalue weighted by atomic mass is 10.1. The molecule has 0 radical (unpaired) electrons. The van der Waals surface area contributed by atoms with E-state index in [4.69, 9.17) is 21.1 Å². The fourth-order valence-electron chi connectivity index (χ4n) is 1.35. The third-order valence-electron chi connectivity index (χ3n) is 2.08. The lowest BCUT2D eigenvalue weighted by Gasteiger charge is -2.10. The molecule has 4 heteroatoms. The van der Waals surface area contributed by atoms with Crippen LogP contribution in [0.3, 0.4) is 0 Å². The Balaban J connectivity index is 3.30. The van der Waals surface area contributed by atoms with Crippen LogP contribution in [-0.4, -0.2) is 26.4 Å². The highest BCUT2D eigenvalue weighted by Crippen LogP contribution is 2.31. The Morgan fingerprint density at radius 3 is 2.19 bits per heavy atom. The Hall–Kier alpha value is -1.48. The topological polar surface area (TPSA) is 35.5 Å². The molecule has 0 aliphatic heterocycles. The van der Waals surface area contributed by atoms with Crippen LogP contribution >= 0.6 is 11.6 Å². The molecule has 0 unspecified atom stereocenters. The van der Waals surface area contributed by atoms with Gasteiger partial charge in [-0.05, 0) is 12.1 Å². The van der Waals surface area contributed by atoms with E-state index in [1.54, 1.807) is 38.5 Å². The summed E-state index contributed by atoms with van der Waals surface area (Å²) in [6, 6.07) is 3.31. The molecule has 0 spiro atoms. The van der Waals surface area contributed by atoms with Crippen LogP contribution in [0, 0.1) is 0 Å². The van der Waals surface area contributed by atoms with E-state index in [0.717, 1.165) is 11.8 Å². The van der Waals surface area contributed by atoms with Gasteiger partial charge in [0.25, 0.3) is 0 Å². The second-order valence-corrected chi connectivity index (χ2v) is 3.32. The summed E-state index contributed by atoms with van der Waals surface area (Å²) in [5.41, 5.74) is 1.29. The van der Waals surface area contributed by atoms with Crippen LogP contribution in [0.4, 0.5) is 0 Å². The van der Waals surface area contributed by atoms with Crippen LogP contribution in [0.15, 0.2) is 18.2 Å². The number of rotatable bonds is 5. The van der Waals surface area contributed by atoms with Gasteiger partial charge in [0.15, 0.2) is 0 Å². The molecule has 1 rings (SSSR count). The molecule has 0 heterocycles. The van der Waals surface area contributed by atoms with Crippen molar-refractivity contribution in [1.82, 2.24) is 0 Å². The third kappa shape index (κ3) is 2.76. The predicted octanol–water partition coefficient (Wildman–Crippen LogP) is 2.77. The number of carbonyl (C=O) groups excluding carboxylic acids is 1. The van der Waals surface area contributed by atoms with Gasteiger partial charge in [0.05, 0.1) is 19.8 Å². The van der Waals surface area contributed by atoms with E-state index in [1.807, 2.05) is 0 Å². The second kappa shape index (κ2) is 6.18. The molecule has 0 bridgehead atoms.